The van der Waals surface area contributed by atoms with Crippen LogP contribution in [0.4, 0.5) is 10.5 Å². The highest BCUT2D eigenvalue weighted by Crippen LogP contribution is 2.16. The van der Waals surface area contributed by atoms with Crippen molar-refractivity contribution in [3.05, 3.63) is 65.2 Å². The monoisotopic (exact) mass is 443 g/mol. The molecule has 31 heavy (non-hydrogen) atoms. The molecule has 2 aromatic carbocycles. The third-order valence-electron chi connectivity index (χ3n) is 5.35. The van der Waals surface area contributed by atoms with Gasteiger partial charge in [-0.1, -0.05) is 41.9 Å². The number of benzene rings is 2. The first-order chi connectivity index (χ1) is 15.0. The first-order valence-electron chi connectivity index (χ1n) is 10.6. The highest BCUT2D eigenvalue weighted by molar-refractivity contribution is 6.30. The second-order valence-electron chi connectivity index (χ2n) is 7.77. The van der Waals surface area contributed by atoms with Gasteiger partial charge in [0.15, 0.2) is 0 Å². The first-order valence-corrected chi connectivity index (χ1v) is 11.0. The fourth-order valence-corrected chi connectivity index (χ4v) is 3.68. The molecular weight excluding hydrogens is 414 g/mol. The van der Waals surface area contributed by atoms with Gasteiger partial charge in [-0.25, -0.2) is 4.79 Å². The van der Waals surface area contributed by atoms with Gasteiger partial charge in [-0.3, -0.25) is 4.79 Å². The summed E-state index contributed by atoms with van der Waals surface area (Å²) in [4.78, 5) is 27.7. The summed E-state index contributed by atoms with van der Waals surface area (Å²) in [5.74, 6) is -0.248. The number of anilines is 1. The van der Waals surface area contributed by atoms with Crippen molar-refractivity contribution in [2.45, 2.75) is 24.9 Å². The molecule has 3 rings (SSSR count). The zero-order valence-corrected chi connectivity index (χ0v) is 18.5. The Bertz CT molecular complexity index is 839. The van der Waals surface area contributed by atoms with E-state index in [1.54, 1.807) is 24.3 Å². The van der Waals surface area contributed by atoms with Gasteiger partial charge in [0.1, 0.15) is 6.04 Å². The predicted octanol–water partition coefficient (Wildman–Crippen LogP) is 3.00. The van der Waals surface area contributed by atoms with Crippen LogP contribution in [0.25, 0.3) is 0 Å². The summed E-state index contributed by atoms with van der Waals surface area (Å²) < 4.78 is 0. The van der Waals surface area contributed by atoms with E-state index in [9.17, 15) is 9.59 Å². The molecule has 1 aliphatic rings. The van der Waals surface area contributed by atoms with Gasteiger partial charge in [0, 0.05) is 29.8 Å². The summed E-state index contributed by atoms with van der Waals surface area (Å²) in [6.07, 6.45) is 2.23. The lowest BCUT2D eigenvalue weighted by Crippen LogP contribution is -2.46. The van der Waals surface area contributed by atoms with Crippen LogP contribution in [-0.4, -0.2) is 56.1 Å². The minimum Gasteiger partial charge on any atom is -0.353 e. The van der Waals surface area contributed by atoms with Crippen molar-refractivity contribution in [3.63, 3.8) is 0 Å². The van der Waals surface area contributed by atoms with E-state index in [1.807, 2.05) is 30.3 Å². The molecule has 7 nitrogen and oxygen atoms in total. The number of carbonyl (C=O) groups excluding carboxylic acids is 2. The van der Waals surface area contributed by atoms with Crippen molar-refractivity contribution in [3.8, 4) is 0 Å². The van der Waals surface area contributed by atoms with E-state index >= 15 is 0 Å². The van der Waals surface area contributed by atoms with E-state index in [4.69, 9.17) is 11.6 Å². The summed E-state index contributed by atoms with van der Waals surface area (Å²) >= 11 is 5.88. The predicted molar refractivity (Wildman–Crippen MR) is 124 cm³/mol. The van der Waals surface area contributed by atoms with Crippen LogP contribution in [0.5, 0.6) is 0 Å². The maximum atomic E-state index is 12.9. The van der Waals surface area contributed by atoms with Crippen LogP contribution in [-0.2, 0) is 4.79 Å². The van der Waals surface area contributed by atoms with Gasteiger partial charge in [0.05, 0.1) is 0 Å². The molecule has 0 saturated carbocycles. The van der Waals surface area contributed by atoms with Crippen molar-refractivity contribution in [1.29, 1.82) is 0 Å². The summed E-state index contributed by atoms with van der Waals surface area (Å²) in [5, 5.41) is 12.5. The van der Waals surface area contributed by atoms with E-state index in [0.29, 0.717) is 29.8 Å². The smallest absolute Gasteiger partial charge is 0.320 e. The number of hydrogen-bond acceptors (Lipinski definition) is 4. The number of urea groups is 1. The van der Waals surface area contributed by atoms with Crippen molar-refractivity contribution < 1.29 is 9.59 Å². The van der Waals surface area contributed by atoms with E-state index in [-0.39, 0.29) is 5.91 Å². The van der Waals surface area contributed by atoms with Crippen LogP contribution in [0.15, 0.2) is 54.6 Å². The number of halogens is 1. The average molecular weight is 444 g/mol. The minimum atomic E-state index is -0.795. The van der Waals surface area contributed by atoms with Crippen molar-refractivity contribution in [1.82, 2.24) is 20.9 Å². The normalized spacial score (nSPS) is 15.8. The fraction of sp³-hybridized carbons (Fsp3) is 0.391. The van der Waals surface area contributed by atoms with E-state index in [1.165, 1.54) is 0 Å². The Balaban J connectivity index is 1.52. The molecule has 1 aliphatic heterocycles. The average Bonchev–Trinajstić information content (AvgIpc) is 2.78. The van der Waals surface area contributed by atoms with Gasteiger partial charge in [0.2, 0.25) is 5.91 Å². The number of likely N-dealkylation sites (tertiary alicyclic amines) is 1. The summed E-state index contributed by atoms with van der Waals surface area (Å²) in [5.41, 5.74) is 1.31. The number of carbonyl (C=O) groups is 2. The van der Waals surface area contributed by atoms with Crippen LogP contribution in [0.3, 0.4) is 0 Å². The van der Waals surface area contributed by atoms with Gasteiger partial charge in [-0.15, -0.1) is 0 Å². The minimum absolute atomic E-state index is 0.248. The largest absolute Gasteiger partial charge is 0.353 e. The molecule has 0 aromatic heterocycles. The third-order valence-corrected chi connectivity index (χ3v) is 5.60. The molecular formula is C23H30ClN5O2. The second-order valence-corrected chi connectivity index (χ2v) is 8.21. The van der Waals surface area contributed by atoms with E-state index in [2.05, 4.69) is 33.2 Å². The van der Waals surface area contributed by atoms with Crippen molar-refractivity contribution in [2.24, 2.45) is 0 Å². The third kappa shape index (κ3) is 7.54. The molecule has 1 unspecified atom stereocenters. The number of amides is 3. The quantitative estimate of drug-likeness (QED) is 0.472. The van der Waals surface area contributed by atoms with Crippen LogP contribution >= 0.6 is 11.6 Å². The molecule has 0 bridgehead atoms. The standard InChI is InChI=1S/C23H30ClN5O2/c1-29-15-11-19(12-16-29)25-13-14-26-22(30)21(17-5-3-2-4-6-17)28-23(31)27-20-9-7-18(24)8-10-20/h2-10,19,21,25H,11-16H2,1H3,(H,26,30)(H2,27,28,31). The number of nitrogens with zero attached hydrogens (tertiary/aromatic N) is 1. The molecule has 1 heterocycles. The van der Waals surface area contributed by atoms with E-state index in [0.717, 1.165) is 31.5 Å². The molecule has 4 N–H and O–H groups in total. The highest BCUT2D eigenvalue weighted by Gasteiger charge is 2.23. The fourth-order valence-electron chi connectivity index (χ4n) is 3.55. The van der Waals surface area contributed by atoms with Gasteiger partial charge in [-0.2, -0.15) is 0 Å². The topological polar surface area (TPSA) is 85.5 Å². The van der Waals surface area contributed by atoms with Gasteiger partial charge >= 0.3 is 6.03 Å². The van der Waals surface area contributed by atoms with Gasteiger partial charge in [-0.05, 0) is 62.8 Å². The Labute approximate surface area is 188 Å². The van der Waals surface area contributed by atoms with Gasteiger partial charge < -0.3 is 26.2 Å². The van der Waals surface area contributed by atoms with Gasteiger partial charge in [0.25, 0.3) is 0 Å². The Morgan fingerprint density at radius 1 is 1.03 bits per heavy atom. The lowest BCUT2D eigenvalue weighted by Gasteiger charge is -2.29. The van der Waals surface area contributed by atoms with Crippen molar-refractivity contribution >= 4 is 29.2 Å². The maximum Gasteiger partial charge on any atom is 0.320 e. The molecule has 1 saturated heterocycles. The molecule has 0 aliphatic carbocycles. The first kappa shape index (κ1) is 23.1. The number of piperidine rings is 1. The zero-order valence-electron chi connectivity index (χ0n) is 17.7. The lowest BCUT2D eigenvalue weighted by molar-refractivity contribution is -0.123. The molecule has 1 atom stereocenters. The lowest BCUT2D eigenvalue weighted by atomic mass is 10.1. The molecule has 166 valence electrons. The zero-order chi connectivity index (χ0) is 22.1. The molecule has 8 heteroatoms. The molecule has 3 amide bonds. The summed E-state index contributed by atoms with van der Waals surface area (Å²) in [6, 6.07) is 15.2. The Morgan fingerprint density at radius 3 is 2.39 bits per heavy atom. The maximum absolute atomic E-state index is 12.9. The number of hydrogen-bond donors (Lipinski definition) is 4. The Morgan fingerprint density at radius 2 is 1.71 bits per heavy atom. The summed E-state index contributed by atoms with van der Waals surface area (Å²) in [6.45, 7) is 3.37. The van der Waals surface area contributed by atoms with Crippen LogP contribution in [0, 0.1) is 0 Å². The molecule has 2 aromatic rings. The Kier molecular flexibility index (Phi) is 8.70. The number of rotatable bonds is 8. The molecule has 0 spiro atoms. The SMILES string of the molecule is CN1CCC(NCCNC(=O)C(NC(=O)Nc2ccc(Cl)cc2)c2ccccc2)CC1. The van der Waals surface area contributed by atoms with Crippen LogP contribution in [0.1, 0.15) is 24.4 Å². The van der Waals surface area contributed by atoms with Crippen LogP contribution < -0.4 is 21.3 Å². The molecule has 1 fully saturated rings. The highest BCUT2D eigenvalue weighted by atomic mass is 35.5. The second kappa shape index (κ2) is 11.7. The van der Waals surface area contributed by atoms with Crippen molar-refractivity contribution in [2.75, 3.05) is 38.5 Å². The number of nitrogens with one attached hydrogen (secondary N) is 4. The van der Waals surface area contributed by atoms with E-state index < -0.39 is 12.1 Å². The van der Waals surface area contributed by atoms with Crippen LogP contribution in [0.2, 0.25) is 5.02 Å². The summed E-state index contributed by atoms with van der Waals surface area (Å²) in [7, 11) is 2.14. The molecule has 0 radical (unpaired) electrons. The Hall–Kier alpha value is -2.61.